The number of aliphatic hydroxyl groups is 2. The van der Waals surface area contributed by atoms with Gasteiger partial charge < -0.3 is 29.2 Å². The van der Waals surface area contributed by atoms with Crippen molar-refractivity contribution in [3.63, 3.8) is 0 Å². The third-order valence-electron chi connectivity index (χ3n) is 2.65. The SMILES string of the molecule is COC1(O)O[C@H](CO)[C@H]2OC(C)(C)O[C@H]21. The van der Waals surface area contributed by atoms with E-state index in [1.54, 1.807) is 13.8 Å². The van der Waals surface area contributed by atoms with E-state index in [0.717, 1.165) is 0 Å². The molecule has 2 heterocycles. The lowest BCUT2D eigenvalue weighted by Gasteiger charge is -2.27. The van der Waals surface area contributed by atoms with Crippen molar-refractivity contribution >= 4 is 0 Å². The first-order valence-corrected chi connectivity index (χ1v) is 4.84. The first kappa shape index (κ1) is 11.3. The molecule has 2 saturated heterocycles. The van der Waals surface area contributed by atoms with Gasteiger partial charge in [-0.1, -0.05) is 0 Å². The number of methoxy groups -OCH3 is 1. The lowest BCUT2D eigenvalue weighted by Crippen LogP contribution is -2.44. The molecule has 0 amide bonds. The average molecular weight is 220 g/mol. The minimum Gasteiger partial charge on any atom is -0.394 e. The molecule has 2 aliphatic rings. The Bertz CT molecular complexity index is 255. The molecule has 2 aliphatic heterocycles. The molecule has 0 aromatic rings. The Morgan fingerprint density at radius 1 is 1.27 bits per heavy atom. The Balaban J connectivity index is 2.23. The highest BCUT2D eigenvalue weighted by atomic mass is 16.9. The zero-order valence-corrected chi connectivity index (χ0v) is 8.97. The topological polar surface area (TPSA) is 77.4 Å². The summed E-state index contributed by atoms with van der Waals surface area (Å²) in [5, 5.41) is 19.0. The second-order valence-corrected chi connectivity index (χ2v) is 4.19. The van der Waals surface area contributed by atoms with Gasteiger partial charge in [0.15, 0.2) is 11.9 Å². The van der Waals surface area contributed by atoms with Gasteiger partial charge in [-0.25, -0.2) is 0 Å². The van der Waals surface area contributed by atoms with Crippen molar-refractivity contribution in [2.75, 3.05) is 13.7 Å². The first-order chi connectivity index (χ1) is 6.92. The number of rotatable bonds is 2. The largest absolute Gasteiger partial charge is 0.394 e. The van der Waals surface area contributed by atoms with Crippen LogP contribution in [0, 0.1) is 0 Å². The summed E-state index contributed by atoms with van der Waals surface area (Å²) < 4.78 is 21.0. The van der Waals surface area contributed by atoms with Crippen molar-refractivity contribution < 1.29 is 29.2 Å². The van der Waals surface area contributed by atoms with Crippen molar-refractivity contribution in [2.45, 2.75) is 43.9 Å². The van der Waals surface area contributed by atoms with Gasteiger partial charge >= 0.3 is 5.97 Å². The fourth-order valence-electron chi connectivity index (χ4n) is 2.00. The Hall–Kier alpha value is -0.240. The van der Waals surface area contributed by atoms with Crippen LogP contribution in [0.4, 0.5) is 0 Å². The molecule has 88 valence electrons. The lowest BCUT2D eigenvalue weighted by molar-refractivity contribution is -0.382. The highest BCUT2D eigenvalue weighted by Crippen LogP contribution is 2.42. The lowest BCUT2D eigenvalue weighted by atomic mass is 10.1. The van der Waals surface area contributed by atoms with E-state index in [2.05, 4.69) is 0 Å². The Morgan fingerprint density at radius 3 is 2.47 bits per heavy atom. The summed E-state index contributed by atoms with van der Waals surface area (Å²) in [6.45, 7) is 3.21. The van der Waals surface area contributed by atoms with Crippen molar-refractivity contribution in [3.8, 4) is 0 Å². The molecule has 2 fully saturated rings. The quantitative estimate of drug-likeness (QED) is 0.593. The smallest absolute Gasteiger partial charge is 0.311 e. The van der Waals surface area contributed by atoms with Crippen LogP contribution in [0.5, 0.6) is 0 Å². The van der Waals surface area contributed by atoms with E-state index in [0.29, 0.717) is 0 Å². The predicted molar refractivity (Wildman–Crippen MR) is 47.7 cm³/mol. The molecule has 2 rings (SSSR count). The minimum absolute atomic E-state index is 0.258. The minimum atomic E-state index is -1.84. The van der Waals surface area contributed by atoms with Crippen LogP contribution in [0.3, 0.4) is 0 Å². The Labute approximate surface area is 87.7 Å². The summed E-state index contributed by atoms with van der Waals surface area (Å²) >= 11 is 0. The first-order valence-electron chi connectivity index (χ1n) is 4.84. The van der Waals surface area contributed by atoms with Crippen LogP contribution in [0.25, 0.3) is 0 Å². The van der Waals surface area contributed by atoms with Gasteiger partial charge in [0.2, 0.25) is 0 Å². The van der Waals surface area contributed by atoms with Crippen molar-refractivity contribution in [1.82, 2.24) is 0 Å². The summed E-state index contributed by atoms with van der Waals surface area (Å²) in [7, 11) is 1.31. The molecule has 15 heavy (non-hydrogen) atoms. The predicted octanol–water partition coefficient (Wildman–Crippen LogP) is -0.810. The van der Waals surface area contributed by atoms with E-state index in [1.807, 2.05) is 0 Å². The van der Waals surface area contributed by atoms with E-state index in [4.69, 9.17) is 24.1 Å². The Kier molecular flexibility index (Phi) is 2.53. The van der Waals surface area contributed by atoms with Gasteiger partial charge in [-0.05, 0) is 13.8 Å². The van der Waals surface area contributed by atoms with Gasteiger partial charge in [0.1, 0.15) is 12.2 Å². The maximum Gasteiger partial charge on any atom is 0.311 e. The second kappa shape index (κ2) is 3.38. The van der Waals surface area contributed by atoms with Gasteiger partial charge in [-0.15, -0.1) is 0 Å². The number of hydrogen-bond donors (Lipinski definition) is 2. The molecule has 1 unspecified atom stereocenters. The van der Waals surface area contributed by atoms with Crippen molar-refractivity contribution in [3.05, 3.63) is 0 Å². The van der Waals surface area contributed by atoms with E-state index in [1.165, 1.54) is 7.11 Å². The third-order valence-corrected chi connectivity index (χ3v) is 2.65. The maximum absolute atomic E-state index is 9.94. The molecule has 0 saturated carbocycles. The summed E-state index contributed by atoms with van der Waals surface area (Å²) in [5.74, 6) is -2.65. The molecule has 0 aliphatic carbocycles. The molecule has 0 bridgehead atoms. The van der Waals surface area contributed by atoms with Gasteiger partial charge in [-0.2, -0.15) is 0 Å². The summed E-state index contributed by atoms with van der Waals surface area (Å²) in [5.41, 5.74) is 0. The number of ether oxygens (including phenoxy) is 4. The van der Waals surface area contributed by atoms with Crippen LogP contribution in [-0.2, 0) is 18.9 Å². The molecule has 0 radical (unpaired) electrons. The zero-order chi connectivity index (χ0) is 11.3. The fourth-order valence-corrected chi connectivity index (χ4v) is 2.00. The third kappa shape index (κ3) is 1.67. The van der Waals surface area contributed by atoms with Crippen LogP contribution < -0.4 is 0 Å². The van der Waals surface area contributed by atoms with E-state index in [-0.39, 0.29) is 6.61 Å². The standard InChI is InChI=1S/C9H16O6/c1-8(2)14-6-5(4-10)13-9(11,12-3)7(6)15-8/h5-7,10-11H,4H2,1-3H3/t5-,6-,7-,9?/m1/s1. The number of fused-ring (bicyclic) bond motifs is 1. The second-order valence-electron chi connectivity index (χ2n) is 4.19. The van der Waals surface area contributed by atoms with E-state index in [9.17, 15) is 5.11 Å². The molecule has 2 N–H and O–H groups in total. The van der Waals surface area contributed by atoms with Crippen molar-refractivity contribution in [2.24, 2.45) is 0 Å². The maximum atomic E-state index is 9.94. The monoisotopic (exact) mass is 220 g/mol. The normalized spacial score (nSPS) is 48.2. The summed E-state index contributed by atoms with van der Waals surface area (Å²) in [6.07, 6.45) is -1.90. The highest BCUT2D eigenvalue weighted by Gasteiger charge is 2.63. The van der Waals surface area contributed by atoms with Gasteiger partial charge in [-0.3, -0.25) is 0 Å². The Morgan fingerprint density at radius 2 is 1.93 bits per heavy atom. The van der Waals surface area contributed by atoms with Gasteiger partial charge in [0, 0.05) is 7.11 Å². The molecule has 0 aromatic carbocycles. The average Bonchev–Trinajstić information content (AvgIpc) is 2.61. The summed E-state index contributed by atoms with van der Waals surface area (Å²) in [4.78, 5) is 0. The molecule has 6 nitrogen and oxygen atoms in total. The van der Waals surface area contributed by atoms with Crippen LogP contribution in [0.2, 0.25) is 0 Å². The van der Waals surface area contributed by atoms with E-state index >= 15 is 0 Å². The fraction of sp³-hybridized carbons (Fsp3) is 1.00. The van der Waals surface area contributed by atoms with E-state index < -0.39 is 30.1 Å². The summed E-state index contributed by atoms with van der Waals surface area (Å²) in [6, 6.07) is 0. The molecular formula is C9H16O6. The molecular weight excluding hydrogens is 204 g/mol. The van der Waals surface area contributed by atoms with Gasteiger partial charge in [0.05, 0.1) is 6.61 Å². The zero-order valence-electron chi connectivity index (χ0n) is 8.97. The van der Waals surface area contributed by atoms with Crippen molar-refractivity contribution in [1.29, 1.82) is 0 Å². The number of aliphatic hydroxyl groups excluding tert-OH is 1. The van der Waals surface area contributed by atoms with Crippen LogP contribution in [-0.4, -0.2) is 54.0 Å². The molecule has 0 spiro atoms. The van der Waals surface area contributed by atoms with Gasteiger partial charge in [0.25, 0.3) is 0 Å². The van der Waals surface area contributed by atoms with Crippen LogP contribution in [0.1, 0.15) is 13.8 Å². The molecule has 0 aromatic heterocycles. The van der Waals surface area contributed by atoms with Crippen LogP contribution >= 0.6 is 0 Å². The molecule has 6 heteroatoms. The van der Waals surface area contributed by atoms with Crippen LogP contribution in [0.15, 0.2) is 0 Å². The number of hydrogen-bond acceptors (Lipinski definition) is 6. The molecule has 4 atom stereocenters. The highest BCUT2D eigenvalue weighted by molar-refractivity contribution is 4.97.